The average molecular weight is 446 g/mol. The maximum absolute atomic E-state index is 12.4. The zero-order chi connectivity index (χ0) is 21.9. The maximum atomic E-state index is 12.4. The second-order valence-corrected chi connectivity index (χ2v) is 12.2. The second-order valence-electron chi connectivity index (χ2n) is 8.45. The number of hydrogen-bond acceptors (Lipinski definition) is 5. The van der Waals surface area contributed by atoms with Gasteiger partial charge < -0.3 is 5.32 Å². The summed E-state index contributed by atoms with van der Waals surface area (Å²) in [6.07, 6.45) is 2.51. The molecular formula is C19H31N3O5S2. The quantitative estimate of drug-likeness (QED) is 0.655. The molecule has 164 valence electrons. The van der Waals surface area contributed by atoms with Crippen LogP contribution in [-0.2, 0) is 30.3 Å². The predicted octanol–water partition coefficient (Wildman–Crippen LogP) is 1.19. The monoisotopic (exact) mass is 445 g/mol. The molecule has 0 radical (unpaired) electrons. The fraction of sp³-hybridized carbons (Fsp3) is 0.632. The molecule has 1 atom stereocenters. The number of carbonyl (C=O) groups is 1. The lowest BCUT2D eigenvalue weighted by Crippen LogP contribution is -2.49. The third-order valence-electron chi connectivity index (χ3n) is 4.89. The van der Waals surface area contributed by atoms with E-state index in [2.05, 4.69) is 30.8 Å². The van der Waals surface area contributed by atoms with Gasteiger partial charge >= 0.3 is 0 Å². The van der Waals surface area contributed by atoms with Gasteiger partial charge in [-0.25, -0.2) is 25.9 Å². The van der Waals surface area contributed by atoms with E-state index < -0.39 is 20.0 Å². The van der Waals surface area contributed by atoms with Crippen molar-refractivity contribution >= 4 is 26.0 Å². The van der Waals surface area contributed by atoms with Crippen molar-refractivity contribution in [1.29, 1.82) is 0 Å². The summed E-state index contributed by atoms with van der Waals surface area (Å²) in [5.74, 6) is -0.309. The highest BCUT2D eigenvalue weighted by Gasteiger charge is 2.26. The Morgan fingerprint density at radius 2 is 1.76 bits per heavy atom. The standard InChI is InChI=1S/C19H31N3O5S2/c1-19(2,3)15-7-9-17(10-8-15)29(26,27)20-12-11-18(23)21-16-6-5-13-22(14-16)28(4,24)25/h7-10,16,20H,5-6,11-14H2,1-4H3,(H,21,23). The minimum atomic E-state index is -3.70. The van der Waals surface area contributed by atoms with Crippen LogP contribution in [0, 0.1) is 0 Å². The topological polar surface area (TPSA) is 113 Å². The lowest BCUT2D eigenvalue weighted by molar-refractivity contribution is -0.121. The lowest BCUT2D eigenvalue weighted by Gasteiger charge is -2.31. The summed E-state index contributed by atoms with van der Waals surface area (Å²) in [5, 5.41) is 2.79. The van der Waals surface area contributed by atoms with Crippen molar-refractivity contribution in [2.45, 2.75) is 56.4 Å². The van der Waals surface area contributed by atoms with Crippen molar-refractivity contribution < 1.29 is 21.6 Å². The summed E-state index contributed by atoms with van der Waals surface area (Å²) in [6, 6.07) is 6.44. The van der Waals surface area contributed by atoms with Gasteiger partial charge in [-0.3, -0.25) is 4.79 Å². The predicted molar refractivity (Wildman–Crippen MR) is 113 cm³/mol. The van der Waals surface area contributed by atoms with Crippen molar-refractivity contribution in [3.63, 3.8) is 0 Å². The molecule has 0 aromatic heterocycles. The third kappa shape index (κ3) is 7.06. The van der Waals surface area contributed by atoms with Crippen LogP contribution in [0.1, 0.15) is 45.6 Å². The molecule has 1 fully saturated rings. The molecule has 0 spiro atoms. The minimum Gasteiger partial charge on any atom is -0.352 e. The Morgan fingerprint density at radius 3 is 2.31 bits per heavy atom. The first kappa shape index (κ1) is 23.8. The highest BCUT2D eigenvalue weighted by molar-refractivity contribution is 7.89. The number of carbonyl (C=O) groups excluding carboxylic acids is 1. The Bertz CT molecular complexity index is 920. The second kappa shape index (κ2) is 9.11. The molecule has 2 N–H and O–H groups in total. The molecule has 1 unspecified atom stereocenters. The van der Waals surface area contributed by atoms with E-state index in [9.17, 15) is 21.6 Å². The first-order valence-electron chi connectivity index (χ1n) is 9.64. The average Bonchev–Trinajstić information content (AvgIpc) is 2.60. The highest BCUT2D eigenvalue weighted by Crippen LogP contribution is 2.23. The number of rotatable bonds is 7. The Hall–Kier alpha value is -1.49. The van der Waals surface area contributed by atoms with Gasteiger partial charge in [0, 0.05) is 32.1 Å². The summed E-state index contributed by atoms with van der Waals surface area (Å²) < 4.78 is 51.9. The largest absolute Gasteiger partial charge is 0.352 e. The Labute approximate surface area is 174 Å². The maximum Gasteiger partial charge on any atom is 0.240 e. The molecule has 0 bridgehead atoms. The van der Waals surface area contributed by atoms with Crippen LogP contribution in [-0.4, -0.2) is 59.0 Å². The summed E-state index contributed by atoms with van der Waals surface area (Å²) in [6.45, 7) is 6.83. The van der Waals surface area contributed by atoms with E-state index in [0.717, 1.165) is 11.8 Å². The minimum absolute atomic E-state index is 0.0192. The van der Waals surface area contributed by atoms with Crippen molar-refractivity contribution in [2.24, 2.45) is 0 Å². The van der Waals surface area contributed by atoms with Gasteiger partial charge in [-0.2, -0.15) is 0 Å². The zero-order valence-electron chi connectivity index (χ0n) is 17.4. The van der Waals surface area contributed by atoms with E-state index in [1.54, 1.807) is 24.3 Å². The van der Waals surface area contributed by atoms with Gasteiger partial charge in [-0.1, -0.05) is 32.9 Å². The van der Waals surface area contributed by atoms with E-state index >= 15 is 0 Å². The molecule has 1 amide bonds. The molecule has 10 heteroatoms. The van der Waals surface area contributed by atoms with Crippen molar-refractivity contribution in [2.75, 3.05) is 25.9 Å². The van der Waals surface area contributed by atoms with Crippen LogP contribution < -0.4 is 10.0 Å². The van der Waals surface area contributed by atoms with E-state index in [1.165, 1.54) is 4.31 Å². The summed E-state index contributed by atoms with van der Waals surface area (Å²) in [7, 11) is -6.98. The Kier molecular flexibility index (Phi) is 7.47. The van der Waals surface area contributed by atoms with Crippen molar-refractivity contribution in [3.8, 4) is 0 Å². The van der Waals surface area contributed by atoms with E-state index in [0.29, 0.717) is 19.4 Å². The first-order valence-corrected chi connectivity index (χ1v) is 13.0. The number of nitrogens with one attached hydrogen (secondary N) is 2. The molecule has 1 aromatic carbocycles. The molecule has 0 saturated carbocycles. The van der Waals surface area contributed by atoms with E-state index in [-0.39, 0.29) is 41.8 Å². The van der Waals surface area contributed by atoms with Gasteiger partial charge in [0.1, 0.15) is 0 Å². The SMILES string of the molecule is CC(C)(C)c1ccc(S(=O)(=O)NCCC(=O)NC2CCCN(S(C)(=O)=O)C2)cc1. The molecule has 0 aliphatic carbocycles. The smallest absolute Gasteiger partial charge is 0.240 e. The van der Waals surface area contributed by atoms with Crippen LogP contribution in [0.25, 0.3) is 0 Å². The molecule has 1 aromatic rings. The molecular weight excluding hydrogens is 414 g/mol. The first-order chi connectivity index (χ1) is 13.3. The fourth-order valence-electron chi connectivity index (χ4n) is 3.18. The Balaban J connectivity index is 1.84. The number of sulfonamides is 2. The normalized spacial score (nSPS) is 19.1. The van der Waals surface area contributed by atoms with E-state index in [1.807, 2.05) is 0 Å². The van der Waals surface area contributed by atoms with E-state index in [4.69, 9.17) is 0 Å². The van der Waals surface area contributed by atoms with Gasteiger partial charge in [0.15, 0.2) is 0 Å². The van der Waals surface area contributed by atoms with Crippen LogP contribution >= 0.6 is 0 Å². The lowest BCUT2D eigenvalue weighted by atomic mass is 9.87. The fourth-order valence-corrected chi connectivity index (χ4v) is 5.12. The summed E-state index contributed by atoms with van der Waals surface area (Å²) in [4.78, 5) is 12.3. The molecule has 1 heterocycles. The van der Waals surface area contributed by atoms with Gasteiger partial charge in [0.2, 0.25) is 26.0 Å². The van der Waals surface area contributed by atoms with Gasteiger partial charge in [-0.15, -0.1) is 0 Å². The molecule has 8 nitrogen and oxygen atoms in total. The van der Waals surface area contributed by atoms with Crippen molar-refractivity contribution in [1.82, 2.24) is 14.3 Å². The Morgan fingerprint density at radius 1 is 1.14 bits per heavy atom. The summed E-state index contributed by atoms with van der Waals surface area (Å²) >= 11 is 0. The van der Waals surface area contributed by atoms with Gasteiger partial charge in [0.25, 0.3) is 0 Å². The van der Waals surface area contributed by atoms with Crippen LogP contribution in [0.2, 0.25) is 0 Å². The third-order valence-corrected chi connectivity index (χ3v) is 7.64. The van der Waals surface area contributed by atoms with Crippen LogP contribution in [0.15, 0.2) is 29.2 Å². The summed E-state index contributed by atoms with van der Waals surface area (Å²) in [5.41, 5.74) is 0.964. The number of nitrogens with zero attached hydrogens (tertiary/aromatic N) is 1. The molecule has 2 rings (SSSR count). The number of amides is 1. The highest BCUT2D eigenvalue weighted by atomic mass is 32.2. The molecule has 1 saturated heterocycles. The molecule has 29 heavy (non-hydrogen) atoms. The molecule has 1 aliphatic rings. The zero-order valence-corrected chi connectivity index (χ0v) is 19.1. The van der Waals surface area contributed by atoms with Gasteiger partial charge in [-0.05, 0) is 36.0 Å². The number of benzene rings is 1. The van der Waals surface area contributed by atoms with Crippen LogP contribution in [0.4, 0.5) is 0 Å². The van der Waals surface area contributed by atoms with Crippen LogP contribution in [0.5, 0.6) is 0 Å². The number of piperidine rings is 1. The van der Waals surface area contributed by atoms with Crippen molar-refractivity contribution in [3.05, 3.63) is 29.8 Å². The van der Waals surface area contributed by atoms with Gasteiger partial charge in [0.05, 0.1) is 11.2 Å². The molecule has 1 aliphatic heterocycles. The number of hydrogen-bond donors (Lipinski definition) is 2. The van der Waals surface area contributed by atoms with Crippen LogP contribution in [0.3, 0.4) is 0 Å².